The SMILES string of the molecule is COc1ccc(C(=O)NCCCc2nc(-c3ccccc3)no2)cc1. The second-order valence-electron chi connectivity index (χ2n) is 5.47. The quantitative estimate of drug-likeness (QED) is 0.670. The lowest BCUT2D eigenvalue weighted by Gasteiger charge is -2.05. The van der Waals surface area contributed by atoms with E-state index in [9.17, 15) is 4.79 Å². The van der Waals surface area contributed by atoms with E-state index in [-0.39, 0.29) is 5.91 Å². The fourth-order valence-corrected chi connectivity index (χ4v) is 2.35. The molecule has 0 aliphatic rings. The minimum Gasteiger partial charge on any atom is -0.497 e. The molecule has 0 aliphatic carbocycles. The fourth-order valence-electron chi connectivity index (χ4n) is 2.35. The molecule has 1 N–H and O–H groups in total. The van der Waals surface area contributed by atoms with Gasteiger partial charge >= 0.3 is 0 Å². The Bertz CT molecular complexity index is 813. The lowest BCUT2D eigenvalue weighted by atomic mass is 10.2. The van der Waals surface area contributed by atoms with Crippen molar-refractivity contribution in [1.29, 1.82) is 0 Å². The summed E-state index contributed by atoms with van der Waals surface area (Å²) in [5.41, 5.74) is 1.52. The average molecular weight is 337 g/mol. The number of methoxy groups -OCH3 is 1. The summed E-state index contributed by atoms with van der Waals surface area (Å²) in [5.74, 6) is 1.76. The maximum Gasteiger partial charge on any atom is 0.251 e. The molecule has 3 rings (SSSR count). The topological polar surface area (TPSA) is 77.2 Å². The van der Waals surface area contributed by atoms with E-state index in [1.807, 2.05) is 30.3 Å². The van der Waals surface area contributed by atoms with Crippen molar-refractivity contribution in [2.75, 3.05) is 13.7 Å². The van der Waals surface area contributed by atoms with E-state index in [0.29, 0.717) is 30.2 Å². The van der Waals surface area contributed by atoms with Crippen molar-refractivity contribution in [2.24, 2.45) is 0 Å². The first kappa shape index (κ1) is 16.7. The van der Waals surface area contributed by atoms with Gasteiger partial charge in [-0.2, -0.15) is 4.98 Å². The maximum absolute atomic E-state index is 12.0. The Labute approximate surface area is 145 Å². The Balaban J connectivity index is 1.45. The zero-order chi connectivity index (χ0) is 17.5. The highest BCUT2D eigenvalue weighted by Crippen LogP contribution is 2.15. The number of carbonyl (C=O) groups excluding carboxylic acids is 1. The Hall–Kier alpha value is -3.15. The van der Waals surface area contributed by atoms with Crippen LogP contribution in [0.5, 0.6) is 5.75 Å². The van der Waals surface area contributed by atoms with Gasteiger partial charge in [-0.25, -0.2) is 0 Å². The van der Waals surface area contributed by atoms with Crippen LogP contribution >= 0.6 is 0 Å². The summed E-state index contributed by atoms with van der Waals surface area (Å²) in [6.45, 7) is 0.536. The van der Waals surface area contributed by atoms with Gasteiger partial charge in [0.2, 0.25) is 11.7 Å². The number of aromatic nitrogens is 2. The molecular weight excluding hydrogens is 318 g/mol. The van der Waals surface area contributed by atoms with Crippen LogP contribution < -0.4 is 10.1 Å². The fraction of sp³-hybridized carbons (Fsp3) is 0.211. The number of rotatable bonds is 7. The molecule has 3 aromatic rings. The summed E-state index contributed by atoms with van der Waals surface area (Å²) in [4.78, 5) is 16.4. The minimum absolute atomic E-state index is 0.113. The van der Waals surface area contributed by atoms with Crippen molar-refractivity contribution in [1.82, 2.24) is 15.5 Å². The van der Waals surface area contributed by atoms with Crippen LogP contribution in [0.4, 0.5) is 0 Å². The molecule has 25 heavy (non-hydrogen) atoms. The average Bonchev–Trinajstić information content (AvgIpc) is 3.15. The van der Waals surface area contributed by atoms with Gasteiger partial charge in [0.15, 0.2) is 0 Å². The van der Waals surface area contributed by atoms with E-state index in [2.05, 4.69) is 15.5 Å². The standard InChI is InChI=1S/C19H19N3O3/c1-24-16-11-9-15(10-12-16)19(23)20-13-5-8-17-21-18(22-25-17)14-6-3-2-4-7-14/h2-4,6-7,9-12H,5,8,13H2,1H3,(H,20,23). The summed E-state index contributed by atoms with van der Waals surface area (Å²) >= 11 is 0. The second kappa shape index (κ2) is 8.10. The number of benzene rings is 2. The van der Waals surface area contributed by atoms with E-state index in [4.69, 9.17) is 9.26 Å². The van der Waals surface area contributed by atoms with Crippen LogP contribution in [0, 0.1) is 0 Å². The van der Waals surface area contributed by atoms with E-state index in [0.717, 1.165) is 17.7 Å². The first-order valence-electron chi connectivity index (χ1n) is 8.06. The van der Waals surface area contributed by atoms with Crippen LogP contribution in [-0.2, 0) is 6.42 Å². The first-order valence-corrected chi connectivity index (χ1v) is 8.06. The number of amides is 1. The number of ether oxygens (including phenoxy) is 1. The summed E-state index contributed by atoms with van der Waals surface area (Å²) < 4.78 is 10.3. The third-order valence-corrected chi connectivity index (χ3v) is 3.71. The molecule has 128 valence electrons. The predicted molar refractivity (Wildman–Crippen MR) is 93.4 cm³/mol. The largest absolute Gasteiger partial charge is 0.497 e. The van der Waals surface area contributed by atoms with Gasteiger partial charge in [-0.15, -0.1) is 0 Å². The third-order valence-electron chi connectivity index (χ3n) is 3.71. The zero-order valence-corrected chi connectivity index (χ0v) is 13.9. The number of hydrogen-bond acceptors (Lipinski definition) is 5. The van der Waals surface area contributed by atoms with E-state index in [1.54, 1.807) is 31.4 Å². The molecule has 1 heterocycles. The highest BCUT2D eigenvalue weighted by Gasteiger charge is 2.09. The van der Waals surface area contributed by atoms with E-state index < -0.39 is 0 Å². The molecule has 0 saturated heterocycles. The number of nitrogens with one attached hydrogen (secondary N) is 1. The van der Waals surface area contributed by atoms with Crippen LogP contribution in [0.25, 0.3) is 11.4 Å². The highest BCUT2D eigenvalue weighted by molar-refractivity contribution is 5.94. The van der Waals surface area contributed by atoms with Crippen LogP contribution in [-0.4, -0.2) is 29.7 Å². The highest BCUT2D eigenvalue weighted by atomic mass is 16.5. The van der Waals surface area contributed by atoms with E-state index in [1.165, 1.54) is 0 Å². The zero-order valence-electron chi connectivity index (χ0n) is 13.9. The van der Waals surface area contributed by atoms with Crippen molar-refractivity contribution in [3.63, 3.8) is 0 Å². The van der Waals surface area contributed by atoms with Crippen molar-refractivity contribution in [3.8, 4) is 17.1 Å². The molecule has 6 nitrogen and oxygen atoms in total. The van der Waals surface area contributed by atoms with E-state index >= 15 is 0 Å². The van der Waals surface area contributed by atoms with Crippen molar-refractivity contribution in [2.45, 2.75) is 12.8 Å². The van der Waals surface area contributed by atoms with Crippen molar-refractivity contribution in [3.05, 3.63) is 66.1 Å². The third kappa shape index (κ3) is 4.44. The molecule has 0 saturated carbocycles. The van der Waals surface area contributed by atoms with Crippen molar-refractivity contribution >= 4 is 5.91 Å². The predicted octanol–water partition coefficient (Wildman–Crippen LogP) is 3.11. The molecule has 0 unspecified atom stereocenters. The molecule has 1 amide bonds. The molecule has 0 atom stereocenters. The number of aryl methyl sites for hydroxylation is 1. The van der Waals surface area contributed by atoms with Crippen LogP contribution in [0.1, 0.15) is 22.7 Å². The van der Waals surface area contributed by atoms with Gasteiger partial charge in [0.25, 0.3) is 5.91 Å². The minimum atomic E-state index is -0.113. The van der Waals surface area contributed by atoms with Gasteiger partial charge < -0.3 is 14.6 Å². The van der Waals surface area contributed by atoms with Crippen LogP contribution in [0.3, 0.4) is 0 Å². The molecule has 2 aromatic carbocycles. The molecule has 0 spiro atoms. The molecular formula is C19H19N3O3. The molecule has 0 fully saturated rings. The summed E-state index contributed by atoms with van der Waals surface area (Å²) in [5, 5.41) is 6.85. The second-order valence-corrected chi connectivity index (χ2v) is 5.47. The normalized spacial score (nSPS) is 10.4. The van der Waals surface area contributed by atoms with Crippen LogP contribution in [0.15, 0.2) is 59.1 Å². The van der Waals surface area contributed by atoms with Gasteiger partial charge in [0, 0.05) is 24.1 Å². The van der Waals surface area contributed by atoms with Crippen molar-refractivity contribution < 1.29 is 14.1 Å². The monoisotopic (exact) mass is 337 g/mol. The number of nitrogens with zero attached hydrogens (tertiary/aromatic N) is 2. The first-order chi connectivity index (χ1) is 12.3. The van der Waals surface area contributed by atoms with Crippen LogP contribution in [0.2, 0.25) is 0 Å². The molecule has 0 radical (unpaired) electrons. The van der Waals surface area contributed by atoms with Gasteiger partial charge in [-0.1, -0.05) is 35.5 Å². The maximum atomic E-state index is 12.0. The smallest absolute Gasteiger partial charge is 0.251 e. The van der Waals surface area contributed by atoms with Gasteiger partial charge in [-0.05, 0) is 30.7 Å². The Morgan fingerprint density at radius 3 is 2.60 bits per heavy atom. The molecule has 6 heteroatoms. The van der Waals surface area contributed by atoms with Gasteiger partial charge in [0.1, 0.15) is 5.75 Å². The van der Waals surface area contributed by atoms with Gasteiger partial charge in [-0.3, -0.25) is 4.79 Å². The summed E-state index contributed by atoms with van der Waals surface area (Å²) in [6.07, 6.45) is 1.33. The lowest BCUT2D eigenvalue weighted by molar-refractivity contribution is 0.0953. The molecule has 0 bridgehead atoms. The number of carbonyl (C=O) groups is 1. The Morgan fingerprint density at radius 2 is 1.88 bits per heavy atom. The number of hydrogen-bond donors (Lipinski definition) is 1. The Morgan fingerprint density at radius 1 is 1.12 bits per heavy atom. The Kier molecular flexibility index (Phi) is 5.41. The van der Waals surface area contributed by atoms with Gasteiger partial charge in [0.05, 0.1) is 7.11 Å². The molecule has 1 aromatic heterocycles. The molecule has 0 aliphatic heterocycles. The lowest BCUT2D eigenvalue weighted by Crippen LogP contribution is -2.24. The summed E-state index contributed by atoms with van der Waals surface area (Å²) in [6, 6.07) is 16.7. The summed E-state index contributed by atoms with van der Waals surface area (Å²) in [7, 11) is 1.59.